The molecule has 3 aromatic carbocycles. The lowest BCUT2D eigenvalue weighted by Crippen LogP contribution is -2.51. The van der Waals surface area contributed by atoms with Crippen molar-refractivity contribution < 1.29 is 137 Å². The number of ketones is 2. The van der Waals surface area contributed by atoms with E-state index in [2.05, 4.69) is 57.8 Å². The molecule has 137 heavy (non-hydrogen) atoms. The summed E-state index contributed by atoms with van der Waals surface area (Å²) < 4.78 is 0.595. The molecule has 5 aromatic rings. The molecule has 748 valence electrons. The Hall–Kier alpha value is -13.2. The number of rotatable bonds is 50. The molecular formula is C90H123BrN18O28. The number of carboxylic acid groups (broad SMARTS) is 10. The Labute approximate surface area is 798 Å². The number of hydrogen-bond donors (Lipinski definition) is 16. The number of amides is 8. The van der Waals surface area contributed by atoms with Crippen LogP contribution in [-0.4, -0.2) is 411 Å². The minimum atomic E-state index is -1.40. The van der Waals surface area contributed by atoms with Gasteiger partial charge in [0.05, 0.1) is 64.6 Å². The Balaban J connectivity index is 0.000000421. The highest BCUT2D eigenvalue weighted by molar-refractivity contribution is 9.10. The molecule has 0 saturated carbocycles. The number of carbonyl (C=O) groups is 18. The maximum absolute atomic E-state index is 14.2. The second-order valence-corrected chi connectivity index (χ2v) is 34.0. The summed E-state index contributed by atoms with van der Waals surface area (Å²) in [6.45, 7) is 5.59. The Morgan fingerprint density at radius 3 is 0.949 bits per heavy atom. The lowest BCUT2D eigenvalue weighted by atomic mass is 10.1. The number of fused-ring (bicyclic) bond motifs is 1. The van der Waals surface area contributed by atoms with Crippen molar-refractivity contribution in [3.8, 4) is 0 Å². The predicted molar refractivity (Wildman–Crippen MR) is 494 cm³/mol. The lowest BCUT2D eigenvalue weighted by Gasteiger charge is -2.32. The molecule has 0 spiro atoms. The van der Waals surface area contributed by atoms with E-state index >= 15 is 0 Å². The Bertz CT molecular complexity index is 4840. The third-order valence-electron chi connectivity index (χ3n) is 22.3. The number of nitrogens with zero attached hydrogens (tertiary/aromatic N) is 12. The van der Waals surface area contributed by atoms with Gasteiger partial charge in [-0.1, -0.05) is 54.6 Å². The van der Waals surface area contributed by atoms with Gasteiger partial charge in [0.15, 0.2) is 0 Å². The molecular weight excluding hydrogens is 1860 g/mol. The van der Waals surface area contributed by atoms with Gasteiger partial charge in [-0.3, -0.25) is 92.1 Å². The van der Waals surface area contributed by atoms with Gasteiger partial charge >= 0.3 is 71.8 Å². The minimum absolute atomic E-state index is 0.0324. The van der Waals surface area contributed by atoms with Gasteiger partial charge in [0, 0.05) is 179 Å². The van der Waals surface area contributed by atoms with Gasteiger partial charge in [0.2, 0.25) is 11.8 Å². The highest BCUT2D eigenvalue weighted by Crippen LogP contribution is 2.22. The van der Waals surface area contributed by atoms with Gasteiger partial charge in [-0.25, -0.2) is 33.8 Å². The fourth-order valence-electron chi connectivity index (χ4n) is 14.8. The number of halogens is 1. The Morgan fingerprint density at radius 2 is 0.650 bits per heavy atom. The van der Waals surface area contributed by atoms with Crippen molar-refractivity contribution in [3.05, 3.63) is 142 Å². The summed E-state index contributed by atoms with van der Waals surface area (Å²) in [5.74, 6) is -13.7. The van der Waals surface area contributed by atoms with E-state index in [0.29, 0.717) is 45.4 Å². The second-order valence-electron chi connectivity index (χ2n) is 33.2. The molecule has 8 amide bonds. The van der Waals surface area contributed by atoms with Crippen LogP contribution in [0.4, 0.5) is 9.59 Å². The average Bonchev–Trinajstić information content (AvgIpc) is 0.813. The van der Waals surface area contributed by atoms with Crippen LogP contribution in [0.1, 0.15) is 121 Å². The van der Waals surface area contributed by atoms with Crippen molar-refractivity contribution in [1.82, 2.24) is 90.9 Å². The van der Waals surface area contributed by atoms with Gasteiger partial charge < -0.3 is 102 Å². The van der Waals surface area contributed by atoms with Gasteiger partial charge in [0.1, 0.15) is 40.3 Å². The van der Waals surface area contributed by atoms with E-state index < -0.39 is 95.9 Å². The quantitative estimate of drug-likeness (QED) is 0.0191. The normalized spacial score (nSPS) is 15.4. The van der Waals surface area contributed by atoms with Gasteiger partial charge in [-0.15, -0.1) is 0 Å². The van der Waals surface area contributed by atoms with Gasteiger partial charge in [-0.2, -0.15) is 0 Å². The third kappa shape index (κ3) is 44.9. The number of benzene rings is 3. The number of nitrogens with one attached hydrogen (secondary N) is 6. The van der Waals surface area contributed by atoms with E-state index in [4.69, 9.17) is 0 Å². The van der Waals surface area contributed by atoms with Crippen LogP contribution in [-0.2, 0) is 93.3 Å². The van der Waals surface area contributed by atoms with Crippen molar-refractivity contribution in [2.75, 3.05) is 170 Å². The van der Waals surface area contributed by atoms with Crippen LogP contribution in [0.5, 0.6) is 0 Å². The van der Waals surface area contributed by atoms with E-state index in [9.17, 15) is 137 Å². The first-order valence-electron chi connectivity index (χ1n) is 44.5. The number of unbranched alkanes of at least 4 members (excludes halogenated alkanes) is 2. The predicted octanol–water partition coefficient (Wildman–Crippen LogP) is 1.04. The topological polar surface area (TPSA) is 640 Å². The summed E-state index contributed by atoms with van der Waals surface area (Å²) in [7, 11) is 0. The zero-order chi connectivity index (χ0) is 101. The summed E-state index contributed by atoms with van der Waals surface area (Å²) in [6, 6.07) is 18.6. The molecule has 4 heterocycles. The van der Waals surface area contributed by atoms with Crippen molar-refractivity contribution in [2.24, 2.45) is 0 Å². The lowest BCUT2D eigenvalue weighted by molar-refractivity contribution is -0.141. The second kappa shape index (κ2) is 59.7. The molecule has 2 aliphatic rings. The number of Topliss-reactive ketones (excluding diaryl/α,β-unsaturated/α-hetero) is 2. The summed E-state index contributed by atoms with van der Waals surface area (Å²) in [4.78, 5) is 245. The number of aliphatic carboxylic acids is 10. The number of aromatic nitrogens is 2. The number of urea groups is 2. The van der Waals surface area contributed by atoms with Crippen LogP contribution in [0.2, 0.25) is 0 Å². The van der Waals surface area contributed by atoms with Crippen molar-refractivity contribution in [2.45, 2.75) is 128 Å². The fraction of sp³-hybridized carbons (Fsp3) is 0.511. The molecule has 4 atom stereocenters. The van der Waals surface area contributed by atoms with Crippen LogP contribution >= 0.6 is 15.9 Å². The maximum Gasteiger partial charge on any atom is 0.326 e. The summed E-state index contributed by atoms with van der Waals surface area (Å²) in [5.41, 5.74) is 3.38. The highest BCUT2D eigenvalue weighted by atomic mass is 79.9. The van der Waals surface area contributed by atoms with Gasteiger partial charge in [0.25, 0.3) is 11.8 Å². The van der Waals surface area contributed by atoms with E-state index in [0.717, 1.165) is 16.3 Å². The van der Waals surface area contributed by atoms with Gasteiger partial charge in [-0.05, 0) is 140 Å². The number of carbonyl (C=O) groups excluding carboxylic acids is 8. The monoisotopic (exact) mass is 1980 g/mol. The molecule has 0 unspecified atom stereocenters. The zero-order valence-electron chi connectivity index (χ0n) is 76.5. The Kier molecular flexibility index (Phi) is 49.0. The van der Waals surface area contributed by atoms with Crippen molar-refractivity contribution >= 4 is 134 Å². The Morgan fingerprint density at radius 1 is 0.350 bits per heavy atom. The fourth-order valence-corrected chi connectivity index (χ4v) is 15.1. The van der Waals surface area contributed by atoms with Crippen LogP contribution in [0.3, 0.4) is 0 Å². The smallest absolute Gasteiger partial charge is 0.326 e. The molecule has 7 rings (SSSR count). The molecule has 16 N–H and O–H groups in total. The minimum Gasteiger partial charge on any atom is -0.480 e. The molecule has 0 radical (unpaired) electrons. The standard InChI is InChI=1S/C47H63N9O14.C43H60BrN9O14/c1-32(57)9-14-38(46(68)69)51-47(70)50-37(45(66)67)8-4-5-17-56(27-39-36-7-3-2-6-34(36)15-16-48-39)44(65)35-12-10-33(11-13-35)26-49-40(58)28-52-18-20-53(29-41(59)60)22-24-55(31-43(63)64)25-23-54(21-19-52)30-42(61)62;1-29(54)5-11-34(42(65)66)48-43(67)47-33(41(63)64)4-2-3-13-53(24-31-8-12-35(44)45-23-31)40(62)32-9-6-30(7-10-32)22-46-36(55)25-49-14-16-50(26-37(56)57)18-20-52(28-39(60)61)21-19-51(17-15-49)27-38(58)59/h2-3,6-7,10-13,15-16,37-38H,4-5,8-9,14,17-31H2,1H3,(H,49,58)(H,59,60)(H,61,62)(H,63,64)(H,66,67)(H,68,69)(H2,50,51,70);6-10,12,23,33-34H,2-5,11,13-22,24-28H2,1H3,(H,46,55)(H,56,57)(H,58,59)(H,60,61)(H,63,64)(H,65,66)(H2,47,48,67)/t37-,38-;33-,34-/m11/s1. The molecule has 47 heteroatoms. The largest absolute Gasteiger partial charge is 0.480 e. The average molecular weight is 1980 g/mol. The number of carboxylic acids is 10. The maximum atomic E-state index is 14.2. The van der Waals surface area contributed by atoms with Crippen LogP contribution in [0, 0.1) is 0 Å². The first-order chi connectivity index (χ1) is 65.1. The SMILES string of the molecule is CC(=O)CC[C@@H](NC(=O)N[C@H](CCCCN(Cc1ccc(Br)nc1)C(=O)c1ccc(CNC(=O)CN2CCN(CC(=O)O)CCN(CC(=O)O)CCN(CC(=O)O)CC2)cc1)C(=O)O)C(=O)O.CC(=O)CC[C@@H](NC(=O)N[C@H](CCCCN(Cc1nccc2ccccc12)C(=O)c1ccc(CNC(=O)CN2CCN(CC(=O)O)CCN(CC(=O)O)CCN(CC(=O)O)CC2)cc1)C(=O)O)C(=O)O. The number of pyridine rings is 2. The highest BCUT2D eigenvalue weighted by Gasteiger charge is 2.31. The van der Waals surface area contributed by atoms with E-state index in [1.807, 2.05) is 35.2 Å². The summed E-state index contributed by atoms with van der Waals surface area (Å²) in [6.07, 6.45) is 3.84. The summed E-state index contributed by atoms with van der Waals surface area (Å²) >= 11 is 3.30. The molecule has 2 fully saturated rings. The zero-order valence-corrected chi connectivity index (χ0v) is 78.1. The van der Waals surface area contributed by atoms with Crippen LogP contribution in [0.25, 0.3) is 10.8 Å². The van der Waals surface area contributed by atoms with Crippen LogP contribution in [0.15, 0.2) is 108 Å². The molecule has 2 aromatic heterocycles. The first kappa shape index (κ1) is 113. The summed E-state index contributed by atoms with van der Waals surface area (Å²) in [5, 5.41) is 112. The van der Waals surface area contributed by atoms with E-state index in [1.165, 1.54) is 13.8 Å². The van der Waals surface area contributed by atoms with Crippen LogP contribution < -0.4 is 31.9 Å². The first-order valence-corrected chi connectivity index (χ1v) is 45.3. The molecule has 46 nitrogen and oxygen atoms in total. The molecule has 2 saturated heterocycles. The van der Waals surface area contributed by atoms with Crippen molar-refractivity contribution in [3.63, 3.8) is 0 Å². The number of hydrogen-bond acceptors (Lipinski definition) is 28. The molecule has 0 bridgehead atoms. The van der Waals surface area contributed by atoms with Crippen molar-refractivity contribution in [1.29, 1.82) is 0 Å². The van der Waals surface area contributed by atoms with E-state index in [1.54, 1.807) is 117 Å². The van der Waals surface area contributed by atoms with E-state index in [-0.39, 0.29) is 283 Å². The molecule has 2 aliphatic heterocycles. The third-order valence-corrected chi connectivity index (χ3v) is 22.8. The molecule has 0 aliphatic carbocycles.